The molecular formula is C14H25NO2. The quantitative estimate of drug-likeness (QED) is 0.710. The van der Waals surface area contributed by atoms with Gasteiger partial charge in [0.2, 0.25) is 5.91 Å². The van der Waals surface area contributed by atoms with E-state index >= 15 is 0 Å². The number of hydrogen-bond acceptors (Lipinski definition) is 2. The Morgan fingerprint density at radius 1 is 1.06 bits per heavy atom. The number of ketones is 1. The Bertz CT molecular complexity index is 251. The van der Waals surface area contributed by atoms with Gasteiger partial charge in [0.1, 0.15) is 5.78 Å². The third-order valence-corrected chi connectivity index (χ3v) is 3.37. The molecule has 1 aliphatic heterocycles. The maximum absolute atomic E-state index is 12.0. The molecule has 98 valence electrons. The number of carbonyl (C=O) groups excluding carboxylic acids is 2. The van der Waals surface area contributed by atoms with Gasteiger partial charge >= 0.3 is 0 Å². The summed E-state index contributed by atoms with van der Waals surface area (Å²) in [4.78, 5) is 25.5. The Labute approximate surface area is 105 Å². The highest BCUT2D eigenvalue weighted by Gasteiger charge is 2.17. The van der Waals surface area contributed by atoms with Gasteiger partial charge in [0.25, 0.3) is 0 Å². The van der Waals surface area contributed by atoms with Crippen LogP contribution >= 0.6 is 0 Å². The minimum atomic E-state index is 0.0466. The molecule has 0 aliphatic carbocycles. The van der Waals surface area contributed by atoms with Crippen LogP contribution in [0.2, 0.25) is 0 Å². The van der Waals surface area contributed by atoms with Gasteiger partial charge in [0, 0.05) is 19.5 Å². The smallest absolute Gasteiger partial charge is 0.230 e. The summed E-state index contributed by atoms with van der Waals surface area (Å²) in [5, 5.41) is 0. The molecule has 3 heteroatoms. The SMILES string of the molecule is CCCCN1CCCCCCCC(=O)CC1=O. The number of carbonyl (C=O) groups is 2. The Balaban J connectivity index is 2.51. The molecule has 0 aromatic heterocycles. The maximum Gasteiger partial charge on any atom is 0.230 e. The molecule has 0 atom stereocenters. The lowest BCUT2D eigenvalue weighted by atomic mass is 10.1. The summed E-state index contributed by atoms with van der Waals surface area (Å²) in [6, 6.07) is 0. The van der Waals surface area contributed by atoms with Crippen molar-refractivity contribution in [3.8, 4) is 0 Å². The van der Waals surface area contributed by atoms with Gasteiger partial charge in [-0.1, -0.05) is 32.6 Å². The second-order valence-electron chi connectivity index (χ2n) is 4.97. The third kappa shape index (κ3) is 5.85. The number of unbranched alkanes of at least 4 members (excludes halogenated alkanes) is 1. The summed E-state index contributed by atoms with van der Waals surface area (Å²) in [5.74, 6) is 0.170. The van der Waals surface area contributed by atoms with E-state index in [1.165, 1.54) is 12.8 Å². The van der Waals surface area contributed by atoms with Gasteiger partial charge in [-0.3, -0.25) is 9.59 Å². The van der Waals surface area contributed by atoms with Crippen molar-refractivity contribution in [2.75, 3.05) is 13.1 Å². The van der Waals surface area contributed by atoms with Crippen LogP contribution in [-0.4, -0.2) is 29.7 Å². The molecule has 1 saturated heterocycles. The molecule has 1 heterocycles. The highest BCUT2D eigenvalue weighted by atomic mass is 16.2. The van der Waals surface area contributed by atoms with Crippen LogP contribution in [0.1, 0.15) is 64.7 Å². The van der Waals surface area contributed by atoms with Gasteiger partial charge < -0.3 is 4.90 Å². The molecule has 0 aromatic rings. The molecule has 0 radical (unpaired) electrons. The zero-order valence-electron chi connectivity index (χ0n) is 11.0. The molecule has 1 amide bonds. The zero-order chi connectivity index (χ0) is 12.5. The summed E-state index contributed by atoms with van der Waals surface area (Å²) in [6.45, 7) is 3.79. The summed E-state index contributed by atoms with van der Waals surface area (Å²) in [6.07, 6.45) is 8.42. The number of rotatable bonds is 3. The summed E-state index contributed by atoms with van der Waals surface area (Å²) < 4.78 is 0. The van der Waals surface area contributed by atoms with E-state index in [0.717, 1.165) is 45.2 Å². The average Bonchev–Trinajstić information content (AvgIpc) is 2.33. The predicted octanol–water partition coefficient (Wildman–Crippen LogP) is 2.93. The minimum absolute atomic E-state index is 0.0466. The molecule has 1 fully saturated rings. The van der Waals surface area contributed by atoms with Crippen LogP contribution in [0.15, 0.2) is 0 Å². The van der Waals surface area contributed by atoms with Gasteiger partial charge in [-0.2, -0.15) is 0 Å². The van der Waals surface area contributed by atoms with Crippen LogP contribution in [-0.2, 0) is 9.59 Å². The zero-order valence-corrected chi connectivity index (χ0v) is 11.0. The van der Waals surface area contributed by atoms with E-state index in [1.807, 2.05) is 4.90 Å². The van der Waals surface area contributed by atoms with Crippen molar-refractivity contribution in [3.05, 3.63) is 0 Å². The lowest BCUT2D eigenvalue weighted by Gasteiger charge is -2.22. The van der Waals surface area contributed by atoms with E-state index < -0.39 is 0 Å². The first-order valence-electron chi connectivity index (χ1n) is 7.03. The molecule has 0 bridgehead atoms. The summed E-state index contributed by atoms with van der Waals surface area (Å²) in [5.41, 5.74) is 0. The fourth-order valence-corrected chi connectivity index (χ4v) is 2.23. The van der Waals surface area contributed by atoms with E-state index in [-0.39, 0.29) is 18.1 Å². The Hall–Kier alpha value is -0.860. The normalized spacial score (nSPS) is 20.2. The fourth-order valence-electron chi connectivity index (χ4n) is 2.23. The van der Waals surface area contributed by atoms with Crippen LogP contribution in [0.3, 0.4) is 0 Å². The van der Waals surface area contributed by atoms with Gasteiger partial charge in [0.05, 0.1) is 6.42 Å². The predicted molar refractivity (Wildman–Crippen MR) is 68.8 cm³/mol. The molecule has 3 nitrogen and oxygen atoms in total. The number of hydrogen-bond donors (Lipinski definition) is 0. The minimum Gasteiger partial charge on any atom is -0.342 e. The molecule has 17 heavy (non-hydrogen) atoms. The van der Waals surface area contributed by atoms with Crippen LogP contribution in [0.25, 0.3) is 0 Å². The van der Waals surface area contributed by atoms with Crippen molar-refractivity contribution in [3.63, 3.8) is 0 Å². The largest absolute Gasteiger partial charge is 0.342 e. The maximum atomic E-state index is 12.0. The van der Waals surface area contributed by atoms with Gasteiger partial charge in [-0.15, -0.1) is 0 Å². The van der Waals surface area contributed by atoms with Crippen molar-refractivity contribution in [2.24, 2.45) is 0 Å². The average molecular weight is 239 g/mol. The fraction of sp³-hybridized carbons (Fsp3) is 0.857. The third-order valence-electron chi connectivity index (χ3n) is 3.37. The molecule has 0 unspecified atom stereocenters. The van der Waals surface area contributed by atoms with E-state index in [4.69, 9.17) is 0 Å². The standard InChI is InChI=1S/C14H25NO2/c1-2-3-10-15-11-8-6-4-5-7-9-13(16)12-14(15)17/h2-12H2,1H3. The molecule has 0 saturated carbocycles. The number of amides is 1. The molecule has 0 N–H and O–H groups in total. The van der Waals surface area contributed by atoms with Crippen molar-refractivity contribution in [1.29, 1.82) is 0 Å². The van der Waals surface area contributed by atoms with E-state index in [2.05, 4.69) is 6.92 Å². The van der Waals surface area contributed by atoms with Gasteiger partial charge in [-0.25, -0.2) is 0 Å². The van der Waals surface area contributed by atoms with Crippen LogP contribution in [0.5, 0.6) is 0 Å². The first-order valence-corrected chi connectivity index (χ1v) is 7.03. The van der Waals surface area contributed by atoms with E-state index in [9.17, 15) is 9.59 Å². The molecular weight excluding hydrogens is 214 g/mol. The first kappa shape index (κ1) is 14.2. The second kappa shape index (κ2) is 8.26. The van der Waals surface area contributed by atoms with Crippen molar-refractivity contribution in [2.45, 2.75) is 64.7 Å². The monoisotopic (exact) mass is 239 g/mol. The van der Waals surface area contributed by atoms with Crippen LogP contribution in [0.4, 0.5) is 0 Å². The van der Waals surface area contributed by atoms with Gasteiger partial charge in [-0.05, 0) is 19.3 Å². The lowest BCUT2D eigenvalue weighted by Crippen LogP contribution is -2.34. The second-order valence-corrected chi connectivity index (χ2v) is 4.97. The molecule has 0 spiro atoms. The van der Waals surface area contributed by atoms with Crippen molar-refractivity contribution >= 4 is 11.7 Å². The highest BCUT2D eigenvalue weighted by Crippen LogP contribution is 2.11. The topological polar surface area (TPSA) is 37.4 Å². The Morgan fingerprint density at radius 2 is 1.76 bits per heavy atom. The Kier molecular flexibility index (Phi) is 6.90. The summed E-state index contributed by atoms with van der Waals surface area (Å²) in [7, 11) is 0. The molecule has 1 aliphatic rings. The lowest BCUT2D eigenvalue weighted by molar-refractivity contribution is -0.135. The van der Waals surface area contributed by atoms with Gasteiger partial charge in [0.15, 0.2) is 0 Å². The van der Waals surface area contributed by atoms with E-state index in [1.54, 1.807) is 0 Å². The van der Waals surface area contributed by atoms with Crippen molar-refractivity contribution in [1.82, 2.24) is 4.90 Å². The summed E-state index contributed by atoms with van der Waals surface area (Å²) >= 11 is 0. The van der Waals surface area contributed by atoms with Crippen molar-refractivity contribution < 1.29 is 9.59 Å². The molecule has 0 aromatic carbocycles. The molecule has 1 rings (SSSR count). The van der Waals surface area contributed by atoms with Crippen LogP contribution in [0, 0.1) is 0 Å². The highest BCUT2D eigenvalue weighted by molar-refractivity contribution is 5.97. The number of Topliss-reactive ketones (excluding diaryl/α,β-unsaturated/α-hetero) is 1. The Morgan fingerprint density at radius 3 is 2.53 bits per heavy atom. The van der Waals surface area contributed by atoms with Crippen LogP contribution < -0.4 is 0 Å². The van der Waals surface area contributed by atoms with E-state index in [0.29, 0.717) is 6.42 Å². The first-order chi connectivity index (χ1) is 8.24. The number of nitrogens with zero attached hydrogens (tertiary/aromatic N) is 1.